The number of rotatable bonds is 7. The van der Waals surface area contributed by atoms with Crippen molar-refractivity contribution in [1.29, 1.82) is 0 Å². The van der Waals surface area contributed by atoms with Crippen LogP contribution in [0.15, 0.2) is 46.9 Å². The number of carbonyl (C=O) groups is 1. The number of ether oxygens (including phenoxy) is 2. The summed E-state index contributed by atoms with van der Waals surface area (Å²) in [6, 6.07) is 13.1. The molecule has 4 nitrogen and oxygen atoms in total. The Kier molecular flexibility index (Phi) is 7.35. The fourth-order valence-corrected chi connectivity index (χ4v) is 3.15. The van der Waals surface area contributed by atoms with E-state index in [2.05, 4.69) is 48.1 Å². The van der Waals surface area contributed by atoms with Crippen LogP contribution in [-0.2, 0) is 10.2 Å². The fraction of sp³-hybridized carbons (Fsp3) is 0.350. The van der Waals surface area contributed by atoms with E-state index in [4.69, 9.17) is 21.1 Å². The van der Waals surface area contributed by atoms with E-state index in [9.17, 15) is 4.79 Å². The Balaban J connectivity index is 1.76. The molecule has 0 radical (unpaired) electrons. The average molecular weight is 441 g/mol. The third-order valence-corrected chi connectivity index (χ3v) is 4.48. The molecule has 0 aliphatic rings. The molecule has 1 amide bonds. The van der Waals surface area contributed by atoms with Gasteiger partial charge in [0.1, 0.15) is 18.1 Å². The van der Waals surface area contributed by atoms with Gasteiger partial charge >= 0.3 is 0 Å². The van der Waals surface area contributed by atoms with E-state index in [-0.39, 0.29) is 17.9 Å². The summed E-state index contributed by atoms with van der Waals surface area (Å²) in [5.41, 5.74) is 1.14. The molecule has 0 atom stereocenters. The van der Waals surface area contributed by atoms with Gasteiger partial charge in [-0.05, 0) is 51.2 Å². The number of benzene rings is 2. The molecule has 6 heteroatoms. The third kappa shape index (κ3) is 6.22. The van der Waals surface area contributed by atoms with E-state index in [1.165, 1.54) is 0 Å². The van der Waals surface area contributed by atoms with Gasteiger partial charge in [-0.1, -0.05) is 50.6 Å². The topological polar surface area (TPSA) is 47.6 Å². The summed E-state index contributed by atoms with van der Waals surface area (Å²) in [6.07, 6.45) is 0. The number of halogens is 2. The van der Waals surface area contributed by atoms with E-state index in [1.807, 2.05) is 18.2 Å². The zero-order valence-corrected chi connectivity index (χ0v) is 17.5. The van der Waals surface area contributed by atoms with Gasteiger partial charge in [0.15, 0.2) is 6.61 Å². The van der Waals surface area contributed by atoms with Crippen molar-refractivity contribution in [3.05, 3.63) is 57.5 Å². The molecule has 0 saturated heterocycles. The number of amides is 1. The summed E-state index contributed by atoms with van der Waals surface area (Å²) >= 11 is 9.22. The summed E-state index contributed by atoms with van der Waals surface area (Å²) in [7, 11) is 0. The highest BCUT2D eigenvalue weighted by molar-refractivity contribution is 9.10. The van der Waals surface area contributed by atoms with Gasteiger partial charge in [0.05, 0.1) is 11.0 Å². The maximum absolute atomic E-state index is 11.9. The number of hydrogen-bond donors (Lipinski definition) is 1. The van der Waals surface area contributed by atoms with Crippen molar-refractivity contribution >= 4 is 33.4 Å². The van der Waals surface area contributed by atoms with Gasteiger partial charge in [-0.3, -0.25) is 4.79 Å². The van der Waals surface area contributed by atoms with Gasteiger partial charge in [-0.25, -0.2) is 0 Å². The standard InChI is InChI=1S/C20H23BrClNO3/c1-20(2,3)15-6-4-5-7-17(15)25-11-10-23-19(24)13-26-18-9-8-14(22)12-16(18)21/h4-9,12H,10-11,13H2,1-3H3,(H,23,24). The van der Waals surface area contributed by atoms with E-state index in [1.54, 1.807) is 18.2 Å². The SMILES string of the molecule is CC(C)(C)c1ccccc1OCCNC(=O)COc1ccc(Cl)cc1Br. The summed E-state index contributed by atoms with van der Waals surface area (Å²) in [5.74, 6) is 1.20. The van der Waals surface area contributed by atoms with E-state index in [0.717, 1.165) is 11.3 Å². The van der Waals surface area contributed by atoms with Crippen molar-refractivity contribution in [2.75, 3.05) is 19.8 Å². The molecule has 0 bridgehead atoms. The lowest BCUT2D eigenvalue weighted by atomic mass is 9.86. The molecule has 2 rings (SSSR count). The largest absolute Gasteiger partial charge is 0.491 e. The van der Waals surface area contributed by atoms with Gasteiger partial charge in [-0.15, -0.1) is 0 Å². The minimum atomic E-state index is -0.209. The number of nitrogens with one attached hydrogen (secondary N) is 1. The van der Waals surface area contributed by atoms with Crippen molar-refractivity contribution in [2.45, 2.75) is 26.2 Å². The molecular formula is C20H23BrClNO3. The van der Waals surface area contributed by atoms with E-state index >= 15 is 0 Å². The lowest BCUT2D eigenvalue weighted by Gasteiger charge is -2.22. The first-order valence-electron chi connectivity index (χ1n) is 8.34. The molecule has 0 saturated carbocycles. The van der Waals surface area contributed by atoms with Gasteiger partial charge in [0.2, 0.25) is 0 Å². The maximum atomic E-state index is 11.9. The first-order chi connectivity index (χ1) is 12.3. The van der Waals surface area contributed by atoms with Gasteiger partial charge in [0.25, 0.3) is 5.91 Å². The molecule has 0 aliphatic carbocycles. The first kappa shape index (κ1) is 20.6. The van der Waals surface area contributed by atoms with Crippen molar-refractivity contribution in [3.63, 3.8) is 0 Å². The zero-order chi connectivity index (χ0) is 19.2. The Bertz CT molecular complexity index is 759. The van der Waals surface area contributed by atoms with Crippen LogP contribution in [-0.4, -0.2) is 25.7 Å². The maximum Gasteiger partial charge on any atom is 0.258 e. The summed E-state index contributed by atoms with van der Waals surface area (Å²) in [6.45, 7) is 7.15. The molecule has 2 aromatic rings. The Hall–Kier alpha value is -1.72. The minimum Gasteiger partial charge on any atom is -0.491 e. The van der Waals surface area contributed by atoms with Crippen LogP contribution < -0.4 is 14.8 Å². The smallest absolute Gasteiger partial charge is 0.258 e. The highest BCUT2D eigenvalue weighted by Gasteiger charge is 2.18. The lowest BCUT2D eigenvalue weighted by molar-refractivity contribution is -0.123. The predicted octanol–water partition coefficient (Wildman–Crippen LogP) is 4.97. The predicted molar refractivity (Wildman–Crippen MR) is 108 cm³/mol. The second kappa shape index (κ2) is 9.28. The molecule has 1 N–H and O–H groups in total. The molecule has 0 fully saturated rings. The molecular weight excluding hydrogens is 418 g/mol. The summed E-state index contributed by atoms with van der Waals surface area (Å²) in [5, 5.41) is 3.38. The lowest BCUT2D eigenvalue weighted by Crippen LogP contribution is -2.32. The molecule has 0 heterocycles. The molecule has 0 aliphatic heterocycles. The van der Waals surface area contributed by atoms with Crippen molar-refractivity contribution in [2.24, 2.45) is 0 Å². The van der Waals surface area contributed by atoms with E-state index in [0.29, 0.717) is 28.4 Å². The Labute approximate surface area is 168 Å². The van der Waals surface area contributed by atoms with Crippen LogP contribution in [0.3, 0.4) is 0 Å². The van der Waals surface area contributed by atoms with Gasteiger partial charge in [-0.2, -0.15) is 0 Å². The van der Waals surface area contributed by atoms with Gasteiger partial charge in [0, 0.05) is 5.02 Å². The fourth-order valence-electron chi connectivity index (χ4n) is 2.35. The van der Waals surface area contributed by atoms with E-state index < -0.39 is 0 Å². The molecule has 2 aromatic carbocycles. The highest BCUT2D eigenvalue weighted by atomic mass is 79.9. The second-order valence-corrected chi connectivity index (χ2v) is 8.10. The second-order valence-electron chi connectivity index (χ2n) is 6.81. The number of carbonyl (C=O) groups excluding carboxylic acids is 1. The van der Waals surface area contributed by atoms with Crippen LogP contribution in [0.4, 0.5) is 0 Å². The van der Waals surface area contributed by atoms with Crippen LogP contribution in [0, 0.1) is 0 Å². The van der Waals surface area contributed by atoms with Crippen LogP contribution in [0.5, 0.6) is 11.5 Å². The summed E-state index contributed by atoms with van der Waals surface area (Å²) < 4.78 is 12.0. The highest BCUT2D eigenvalue weighted by Crippen LogP contribution is 2.31. The third-order valence-electron chi connectivity index (χ3n) is 3.63. The molecule has 0 spiro atoms. The molecule has 26 heavy (non-hydrogen) atoms. The number of hydrogen-bond acceptors (Lipinski definition) is 3. The number of para-hydroxylation sites is 1. The molecule has 140 valence electrons. The minimum absolute atomic E-state index is 0.000349. The van der Waals surface area contributed by atoms with Crippen LogP contribution in [0.1, 0.15) is 26.3 Å². The van der Waals surface area contributed by atoms with Crippen LogP contribution in [0.25, 0.3) is 0 Å². The average Bonchev–Trinajstić information content (AvgIpc) is 2.57. The van der Waals surface area contributed by atoms with Crippen molar-refractivity contribution in [3.8, 4) is 11.5 Å². The van der Waals surface area contributed by atoms with Crippen molar-refractivity contribution < 1.29 is 14.3 Å². The Morgan fingerprint density at radius 3 is 2.54 bits per heavy atom. The normalized spacial score (nSPS) is 11.1. The molecule has 0 unspecified atom stereocenters. The quantitative estimate of drug-likeness (QED) is 0.618. The Morgan fingerprint density at radius 2 is 1.85 bits per heavy atom. The molecule has 0 aromatic heterocycles. The van der Waals surface area contributed by atoms with Crippen molar-refractivity contribution in [1.82, 2.24) is 5.32 Å². The Morgan fingerprint density at radius 1 is 1.12 bits per heavy atom. The van der Waals surface area contributed by atoms with Gasteiger partial charge < -0.3 is 14.8 Å². The van der Waals surface area contributed by atoms with Crippen LogP contribution >= 0.6 is 27.5 Å². The zero-order valence-electron chi connectivity index (χ0n) is 15.1. The monoisotopic (exact) mass is 439 g/mol. The first-order valence-corrected chi connectivity index (χ1v) is 9.51. The summed E-state index contributed by atoms with van der Waals surface area (Å²) in [4.78, 5) is 11.9. The van der Waals surface area contributed by atoms with Crippen LogP contribution in [0.2, 0.25) is 5.02 Å².